The summed E-state index contributed by atoms with van der Waals surface area (Å²) in [6, 6.07) is 3.76. The molecule has 0 bridgehead atoms. The molecule has 0 aliphatic rings. The number of rotatable bonds is 1. The maximum atomic E-state index is 5.75. The van der Waals surface area contributed by atoms with Crippen LogP contribution >= 0.6 is 0 Å². The van der Waals surface area contributed by atoms with Gasteiger partial charge < -0.3 is 11.5 Å². The number of benzene rings is 1. The number of nitrogen functional groups attached to an aromatic ring is 2. The summed E-state index contributed by atoms with van der Waals surface area (Å²) in [6.45, 7) is 4.13. The average molecular weight is 150 g/mol. The van der Waals surface area contributed by atoms with Gasteiger partial charge >= 0.3 is 0 Å². The maximum absolute atomic E-state index is 5.75. The normalized spacial score (nSPS) is 10.0. The van der Waals surface area contributed by atoms with E-state index in [1.165, 1.54) is 11.1 Å². The second-order valence-electron chi connectivity index (χ2n) is 2.76. The van der Waals surface area contributed by atoms with Gasteiger partial charge in [0.1, 0.15) is 0 Å². The van der Waals surface area contributed by atoms with Crippen LogP contribution in [0.5, 0.6) is 0 Å². The van der Waals surface area contributed by atoms with E-state index in [0.717, 1.165) is 17.8 Å². The summed E-state index contributed by atoms with van der Waals surface area (Å²) >= 11 is 0. The molecule has 0 aromatic heterocycles. The van der Waals surface area contributed by atoms with Gasteiger partial charge in [0, 0.05) is 11.4 Å². The number of aryl methyl sites for hydroxylation is 1. The van der Waals surface area contributed by atoms with E-state index in [9.17, 15) is 0 Å². The summed E-state index contributed by atoms with van der Waals surface area (Å²) in [6.07, 6.45) is 0.970. The van der Waals surface area contributed by atoms with E-state index in [1.54, 1.807) is 0 Å². The molecule has 0 atom stereocenters. The third kappa shape index (κ3) is 1.45. The van der Waals surface area contributed by atoms with Crippen LogP contribution in [0.1, 0.15) is 18.1 Å². The molecular weight excluding hydrogens is 136 g/mol. The molecule has 1 aromatic carbocycles. The Bertz CT molecular complexity index is 243. The van der Waals surface area contributed by atoms with Gasteiger partial charge in [-0.2, -0.15) is 0 Å². The molecule has 4 N–H and O–H groups in total. The predicted octanol–water partition coefficient (Wildman–Crippen LogP) is 1.72. The van der Waals surface area contributed by atoms with E-state index < -0.39 is 0 Å². The fourth-order valence-corrected chi connectivity index (χ4v) is 1.36. The first kappa shape index (κ1) is 7.92. The average Bonchev–Trinajstić information content (AvgIpc) is 1.85. The lowest BCUT2D eigenvalue weighted by Gasteiger charge is -2.07. The van der Waals surface area contributed by atoms with Crippen molar-refractivity contribution in [2.45, 2.75) is 20.3 Å². The standard InChI is InChI=1S/C9H14N2/c1-3-8-6(2)4-7(10)5-9(8)11/h4-5H,3,10-11H2,1-2H3. The van der Waals surface area contributed by atoms with E-state index in [0.29, 0.717) is 0 Å². The van der Waals surface area contributed by atoms with Gasteiger partial charge in [-0.3, -0.25) is 0 Å². The first-order valence-corrected chi connectivity index (χ1v) is 3.79. The van der Waals surface area contributed by atoms with Crippen LogP contribution in [0.4, 0.5) is 11.4 Å². The Morgan fingerprint density at radius 3 is 2.36 bits per heavy atom. The Labute approximate surface area is 67.2 Å². The molecule has 0 heterocycles. The fourth-order valence-electron chi connectivity index (χ4n) is 1.36. The summed E-state index contributed by atoms with van der Waals surface area (Å²) in [5.41, 5.74) is 15.3. The molecular formula is C9H14N2. The smallest absolute Gasteiger partial charge is 0.0369 e. The highest BCUT2D eigenvalue weighted by Gasteiger charge is 2.00. The molecule has 0 radical (unpaired) electrons. The highest BCUT2D eigenvalue weighted by molar-refractivity contribution is 5.60. The van der Waals surface area contributed by atoms with Crippen molar-refractivity contribution in [2.75, 3.05) is 11.5 Å². The van der Waals surface area contributed by atoms with Gasteiger partial charge in [0.05, 0.1) is 0 Å². The van der Waals surface area contributed by atoms with Gasteiger partial charge in [-0.1, -0.05) is 6.92 Å². The highest BCUT2D eigenvalue weighted by Crippen LogP contribution is 2.20. The Morgan fingerprint density at radius 2 is 1.91 bits per heavy atom. The summed E-state index contributed by atoms with van der Waals surface area (Å²) in [5, 5.41) is 0. The van der Waals surface area contributed by atoms with Gasteiger partial charge in [0.15, 0.2) is 0 Å². The molecule has 0 spiro atoms. The third-order valence-electron chi connectivity index (χ3n) is 1.88. The molecule has 0 unspecified atom stereocenters. The van der Waals surface area contributed by atoms with E-state index >= 15 is 0 Å². The molecule has 0 saturated heterocycles. The Hall–Kier alpha value is -1.18. The van der Waals surface area contributed by atoms with Crippen molar-refractivity contribution in [3.8, 4) is 0 Å². The van der Waals surface area contributed by atoms with Crippen LogP contribution in [0.2, 0.25) is 0 Å². The molecule has 1 rings (SSSR count). The van der Waals surface area contributed by atoms with Gasteiger partial charge in [0.25, 0.3) is 0 Å². The van der Waals surface area contributed by atoms with Crippen molar-refractivity contribution in [3.63, 3.8) is 0 Å². The second-order valence-corrected chi connectivity index (χ2v) is 2.76. The maximum Gasteiger partial charge on any atom is 0.0369 e. The zero-order chi connectivity index (χ0) is 8.43. The van der Waals surface area contributed by atoms with E-state index in [2.05, 4.69) is 6.92 Å². The molecule has 0 aliphatic heterocycles. The lowest BCUT2D eigenvalue weighted by Crippen LogP contribution is -1.98. The molecule has 0 fully saturated rings. The van der Waals surface area contributed by atoms with Gasteiger partial charge in [0.2, 0.25) is 0 Å². The van der Waals surface area contributed by atoms with Crippen LogP contribution in [-0.2, 0) is 6.42 Å². The second kappa shape index (κ2) is 2.82. The van der Waals surface area contributed by atoms with Crippen LogP contribution in [0.3, 0.4) is 0 Å². The first-order valence-electron chi connectivity index (χ1n) is 3.79. The molecule has 2 heteroatoms. The number of hydrogen-bond donors (Lipinski definition) is 2. The summed E-state index contributed by atoms with van der Waals surface area (Å²) in [4.78, 5) is 0. The molecule has 1 aromatic rings. The van der Waals surface area contributed by atoms with E-state index in [4.69, 9.17) is 11.5 Å². The molecule has 60 valence electrons. The Kier molecular flexibility index (Phi) is 2.03. The van der Waals surface area contributed by atoms with Crippen molar-refractivity contribution < 1.29 is 0 Å². The predicted molar refractivity (Wildman–Crippen MR) is 49.4 cm³/mol. The van der Waals surface area contributed by atoms with Crippen LogP contribution in [-0.4, -0.2) is 0 Å². The quantitative estimate of drug-likeness (QED) is 0.599. The van der Waals surface area contributed by atoms with Crippen molar-refractivity contribution in [3.05, 3.63) is 23.3 Å². The zero-order valence-electron chi connectivity index (χ0n) is 7.02. The lowest BCUT2D eigenvalue weighted by atomic mass is 10.0. The van der Waals surface area contributed by atoms with Crippen molar-refractivity contribution >= 4 is 11.4 Å². The minimum Gasteiger partial charge on any atom is -0.399 e. The summed E-state index contributed by atoms with van der Waals surface area (Å²) < 4.78 is 0. The van der Waals surface area contributed by atoms with Gasteiger partial charge in [-0.05, 0) is 36.6 Å². The minimum atomic E-state index is 0.747. The molecule has 2 nitrogen and oxygen atoms in total. The SMILES string of the molecule is CCc1c(C)cc(N)cc1N. The summed E-state index contributed by atoms with van der Waals surface area (Å²) in [7, 11) is 0. The van der Waals surface area contributed by atoms with Crippen molar-refractivity contribution in [1.29, 1.82) is 0 Å². The van der Waals surface area contributed by atoms with E-state index in [-0.39, 0.29) is 0 Å². The number of hydrogen-bond acceptors (Lipinski definition) is 2. The zero-order valence-corrected chi connectivity index (χ0v) is 7.02. The van der Waals surface area contributed by atoms with Crippen LogP contribution < -0.4 is 11.5 Å². The fraction of sp³-hybridized carbons (Fsp3) is 0.333. The van der Waals surface area contributed by atoms with Gasteiger partial charge in [-0.15, -0.1) is 0 Å². The van der Waals surface area contributed by atoms with Crippen molar-refractivity contribution in [2.24, 2.45) is 0 Å². The Morgan fingerprint density at radius 1 is 1.27 bits per heavy atom. The minimum absolute atomic E-state index is 0.747. The van der Waals surface area contributed by atoms with E-state index in [1.807, 2.05) is 19.1 Å². The monoisotopic (exact) mass is 150 g/mol. The third-order valence-corrected chi connectivity index (χ3v) is 1.88. The largest absolute Gasteiger partial charge is 0.399 e. The highest BCUT2D eigenvalue weighted by atomic mass is 14.6. The molecule has 0 saturated carbocycles. The topological polar surface area (TPSA) is 52.0 Å². The molecule has 0 aliphatic carbocycles. The van der Waals surface area contributed by atoms with Crippen LogP contribution in [0.15, 0.2) is 12.1 Å². The number of anilines is 2. The van der Waals surface area contributed by atoms with Gasteiger partial charge in [-0.25, -0.2) is 0 Å². The first-order chi connectivity index (χ1) is 5.15. The van der Waals surface area contributed by atoms with Crippen LogP contribution in [0, 0.1) is 6.92 Å². The molecule has 0 amide bonds. The number of nitrogens with two attached hydrogens (primary N) is 2. The Balaban J connectivity index is 3.25. The lowest BCUT2D eigenvalue weighted by molar-refractivity contribution is 1.11. The van der Waals surface area contributed by atoms with Crippen molar-refractivity contribution in [1.82, 2.24) is 0 Å². The van der Waals surface area contributed by atoms with Crippen LogP contribution in [0.25, 0.3) is 0 Å². The molecule has 11 heavy (non-hydrogen) atoms. The summed E-state index contributed by atoms with van der Waals surface area (Å²) in [5.74, 6) is 0.